The highest BCUT2D eigenvalue weighted by atomic mass is 16.6. The number of hydrogen-bond donors (Lipinski definition) is 2. The molecule has 108 valence electrons. The average Bonchev–Trinajstić information content (AvgIpc) is 3.18. The number of anilines is 1. The van der Waals surface area contributed by atoms with E-state index < -0.39 is 0 Å². The Morgan fingerprint density at radius 2 is 2.20 bits per heavy atom. The Hall–Kier alpha value is -2.11. The summed E-state index contributed by atoms with van der Waals surface area (Å²) in [6.07, 6.45) is 3.27. The van der Waals surface area contributed by atoms with Crippen LogP contribution in [0.4, 0.5) is 11.4 Å². The molecule has 1 aliphatic carbocycles. The molecule has 0 atom stereocenters. The molecule has 0 saturated heterocycles. The van der Waals surface area contributed by atoms with Gasteiger partial charge in [0.15, 0.2) is 0 Å². The van der Waals surface area contributed by atoms with Gasteiger partial charge in [0.05, 0.1) is 4.92 Å². The van der Waals surface area contributed by atoms with Crippen molar-refractivity contribution in [2.45, 2.75) is 38.6 Å². The van der Waals surface area contributed by atoms with E-state index in [-0.39, 0.29) is 16.5 Å². The maximum absolute atomic E-state index is 11.5. The summed E-state index contributed by atoms with van der Waals surface area (Å²) in [5.41, 5.74) is 1.25. The number of para-hydroxylation sites is 1. The van der Waals surface area contributed by atoms with Crippen molar-refractivity contribution in [1.82, 2.24) is 5.32 Å². The van der Waals surface area contributed by atoms with Crippen LogP contribution in [0, 0.1) is 17.0 Å². The normalized spacial score (nSPS) is 13.8. The van der Waals surface area contributed by atoms with Crippen LogP contribution < -0.4 is 10.6 Å². The van der Waals surface area contributed by atoms with E-state index in [0.29, 0.717) is 36.7 Å². The maximum atomic E-state index is 11.5. The van der Waals surface area contributed by atoms with Crippen molar-refractivity contribution in [3.8, 4) is 0 Å². The van der Waals surface area contributed by atoms with Crippen LogP contribution in [0.25, 0.3) is 0 Å². The van der Waals surface area contributed by atoms with Gasteiger partial charge < -0.3 is 10.6 Å². The Bertz CT molecular complexity index is 512. The number of nitro groups is 1. The number of nitrogens with one attached hydrogen (secondary N) is 2. The lowest BCUT2D eigenvalue weighted by atomic mass is 10.1. The van der Waals surface area contributed by atoms with Crippen LogP contribution in [-0.2, 0) is 4.79 Å². The molecule has 0 unspecified atom stereocenters. The highest BCUT2D eigenvalue weighted by Gasteiger charge is 2.22. The highest BCUT2D eigenvalue weighted by molar-refractivity contribution is 5.76. The largest absolute Gasteiger partial charge is 0.379 e. The molecule has 1 amide bonds. The summed E-state index contributed by atoms with van der Waals surface area (Å²) in [4.78, 5) is 22.1. The summed E-state index contributed by atoms with van der Waals surface area (Å²) in [6, 6.07) is 5.57. The second-order valence-corrected chi connectivity index (χ2v) is 5.10. The van der Waals surface area contributed by atoms with Crippen molar-refractivity contribution >= 4 is 17.3 Å². The third-order valence-electron chi connectivity index (χ3n) is 3.26. The topological polar surface area (TPSA) is 84.3 Å². The Balaban J connectivity index is 1.80. The second-order valence-electron chi connectivity index (χ2n) is 5.10. The number of nitro benzene ring substituents is 1. The van der Waals surface area contributed by atoms with Crippen molar-refractivity contribution in [3.05, 3.63) is 33.9 Å². The van der Waals surface area contributed by atoms with Crippen LogP contribution in [0.1, 0.15) is 31.2 Å². The predicted octanol–water partition coefficient (Wildman–Crippen LogP) is 2.37. The lowest BCUT2D eigenvalue weighted by Gasteiger charge is -2.08. The van der Waals surface area contributed by atoms with Gasteiger partial charge in [-0.3, -0.25) is 14.9 Å². The SMILES string of the molecule is Cc1cccc(NCCCC(=O)NC2CC2)c1[N+](=O)[O-]. The Labute approximate surface area is 117 Å². The van der Waals surface area contributed by atoms with Gasteiger partial charge >= 0.3 is 0 Å². The molecule has 6 heteroatoms. The minimum absolute atomic E-state index is 0.0630. The van der Waals surface area contributed by atoms with E-state index in [9.17, 15) is 14.9 Å². The Morgan fingerprint density at radius 1 is 1.45 bits per heavy atom. The van der Waals surface area contributed by atoms with Crippen molar-refractivity contribution in [3.63, 3.8) is 0 Å². The lowest BCUT2D eigenvalue weighted by Crippen LogP contribution is -2.25. The first-order valence-electron chi connectivity index (χ1n) is 6.85. The maximum Gasteiger partial charge on any atom is 0.295 e. The van der Waals surface area contributed by atoms with Gasteiger partial charge in [-0.05, 0) is 32.3 Å². The molecule has 0 aromatic heterocycles. The highest BCUT2D eigenvalue weighted by Crippen LogP contribution is 2.27. The smallest absolute Gasteiger partial charge is 0.295 e. The summed E-state index contributed by atoms with van der Waals surface area (Å²) >= 11 is 0. The molecule has 0 aliphatic heterocycles. The summed E-state index contributed by atoms with van der Waals surface area (Å²) in [5.74, 6) is 0.0630. The standard InChI is InChI=1S/C14H19N3O3/c1-10-4-2-5-12(14(10)17(19)20)15-9-3-6-13(18)16-11-7-8-11/h2,4-5,11,15H,3,6-9H2,1H3,(H,16,18). The molecule has 2 rings (SSSR count). The number of carbonyl (C=O) groups is 1. The fraction of sp³-hybridized carbons (Fsp3) is 0.500. The van der Waals surface area contributed by atoms with Crippen molar-refractivity contribution in [2.75, 3.05) is 11.9 Å². The second kappa shape index (κ2) is 6.36. The van der Waals surface area contributed by atoms with Gasteiger partial charge in [-0.25, -0.2) is 0 Å². The molecule has 1 aromatic carbocycles. The monoisotopic (exact) mass is 277 g/mol. The first-order chi connectivity index (χ1) is 9.58. The first kappa shape index (κ1) is 14.3. The molecule has 20 heavy (non-hydrogen) atoms. The molecule has 0 heterocycles. The molecule has 6 nitrogen and oxygen atoms in total. The molecular formula is C14H19N3O3. The molecule has 0 spiro atoms. The van der Waals surface area contributed by atoms with E-state index in [1.54, 1.807) is 25.1 Å². The van der Waals surface area contributed by atoms with Crippen molar-refractivity contribution in [2.24, 2.45) is 0 Å². The summed E-state index contributed by atoms with van der Waals surface area (Å²) in [7, 11) is 0. The predicted molar refractivity (Wildman–Crippen MR) is 76.7 cm³/mol. The van der Waals surface area contributed by atoms with E-state index in [1.165, 1.54) is 0 Å². The van der Waals surface area contributed by atoms with Crippen molar-refractivity contribution < 1.29 is 9.72 Å². The lowest BCUT2D eigenvalue weighted by molar-refractivity contribution is -0.384. The van der Waals surface area contributed by atoms with Crippen molar-refractivity contribution in [1.29, 1.82) is 0 Å². The molecular weight excluding hydrogens is 258 g/mol. The van der Waals surface area contributed by atoms with Crippen LogP contribution in [-0.4, -0.2) is 23.4 Å². The van der Waals surface area contributed by atoms with Crippen LogP contribution in [0.15, 0.2) is 18.2 Å². The van der Waals surface area contributed by atoms with E-state index in [2.05, 4.69) is 10.6 Å². The number of aryl methyl sites for hydroxylation is 1. The molecule has 1 fully saturated rings. The average molecular weight is 277 g/mol. The van der Waals surface area contributed by atoms with Crippen LogP contribution in [0.2, 0.25) is 0 Å². The zero-order chi connectivity index (χ0) is 14.5. The van der Waals surface area contributed by atoms with Gasteiger partial charge in [-0.15, -0.1) is 0 Å². The zero-order valence-electron chi connectivity index (χ0n) is 11.5. The minimum Gasteiger partial charge on any atom is -0.379 e. The molecule has 1 saturated carbocycles. The number of hydrogen-bond acceptors (Lipinski definition) is 4. The quantitative estimate of drug-likeness (QED) is 0.455. The van der Waals surface area contributed by atoms with Gasteiger partial charge in [0, 0.05) is 24.6 Å². The molecule has 0 bridgehead atoms. The van der Waals surface area contributed by atoms with Gasteiger partial charge in [0.25, 0.3) is 5.69 Å². The van der Waals surface area contributed by atoms with E-state index >= 15 is 0 Å². The summed E-state index contributed by atoms with van der Waals surface area (Å²) in [6.45, 7) is 2.26. The van der Waals surface area contributed by atoms with Gasteiger partial charge in [0.1, 0.15) is 5.69 Å². The van der Waals surface area contributed by atoms with E-state index in [4.69, 9.17) is 0 Å². The molecule has 1 aromatic rings. The number of amides is 1. The minimum atomic E-state index is -0.378. The van der Waals surface area contributed by atoms with Gasteiger partial charge in [-0.1, -0.05) is 12.1 Å². The number of rotatable bonds is 7. The molecule has 1 aliphatic rings. The number of benzene rings is 1. The van der Waals surface area contributed by atoms with Gasteiger partial charge in [-0.2, -0.15) is 0 Å². The Morgan fingerprint density at radius 3 is 2.85 bits per heavy atom. The van der Waals surface area contributed by atoms with Crippen LogP contribution >= 0.6 is 0 Å². The fourth-order valence-electron chi connectivity index (χ4n) is 2.04. The third-order valence-corrected chi connectivity index (χ3v) is 3.26. The first-order valence-corrected chi connectivity index (χ1v) is 6.85. The number of nitrogens with zero attached hydrogens (tertiary/aromatic N) is 1. The number of carbonyl (C=O) groups excluding carboxylic acids is 1. The van der Waals surface area contributed by atoms with Gasteiger partial charge in [0.2, 0.25) is 5.91 Å². The molecule has 0 radical (unpaired) electrons. The van der Waals surface area contributed by atoms with Crippen LogP contribution in [0.5, 0.6) is 0 Å². The summed E-state index contributed by atoms with van der Waals surface area (Å²) in [5, 5.41) is 17.0. The fourth-order valence-corrected chi connectivity index (χ4v) is 2.04. The van der Waals surface area contributed by atoms with E-state index in [0.717, 1.165) is 12.8 Å². The van der Waals surface area contributed by atoms with E-state index in [1.807, 2.05) is 0 Å². The van der Waals surface area contributed by atoms with Crippen LogP contribution in [0.3, 0.4) is 0 Å². The zero-order valence-corrected chi connectivity index (χ0v) is 11.5. The third kappa shape index (κ3) is 3.94. The Kier molecular flexibility index (Phi) is 4.55. The summed E-state index contributed by atoms with van der Waals surface area (Å²) < 4.78 is 0. The molecule has 2 N–H and O–H groups in total.